The van der Waals surface area contributed by atoms with Gasteiger partial charge in [-0.2, -0.15) is 0 Å². The number of benzene rings is 2. The maximum atomic E-state index is 12.6. The molecule has 0 fully saturated rings. The Kier molecular flexibility index (Phi) is 4.99. The van der Waals surface area contributed by atoms with E-state index in [9.17, 15) is 4.79 Å². The van der Waals surface area contributed by atoms with E-state index in [1.807, 2.05) is 0 Å². The van der Waals surface area contributed by atoms with Crippen LogP contribution in [0.25, 0.3) is 22.0 Å². The van der Waals surface area contributed by atoms with Gasteiger partial charge in [-0.15, -0.1) is 0 Å². The lowest BCUT2D eigenvalue weighted by molar-refractivity contribution is 0.0534. The number of pyridine rings is 1. The largest absolute Gasteiger partial charge is 0.493 e. The molecule has 2 aromatic carbocycles. The van der Waals surface area contributed by atoms with Crippen molar-refractivity contribution in [2.24, 2.45) is 0 Å². The quantitative estimate of drug-likeness (QED) is 0.569. The number of esters is 1. The van der Waals surface area contributed by atoms with Crippen molar-refractivity contribution in [3.63, 3.8) is 0 Å². The molecule has 0 spiro atoms. The Bertz CT molecular complexity index is 1130. The van der Waals surface area contributed by atoms with Crippen molar-refractivity contribution < 1.29 is 33.2 Å². The monoisotopic (exact) mass is 411 g/mol. The van der Waals surface area contributed by atoms with Crippen molar-refractivity contribution in [1.82, 2.24) is 4.98 Å². The topological polar surface area (TPSA) is 85.3 Å². The Hall–Kier alpha value is -3.68. The number of carbonyl (C=O) groups excluding carboxylic acids is 1. The van der Waals surface area contributed by atoms with Gasteiger partial charge >= 0.3 is 5.97 Å². The third-order valence-electron chi connectivity index (χ3n) is 5.06. The van der Waals surface area contributed by atoms with Crippen LogP contribution in [0, 0.1) is 0 Å². The second-order valence-electron chi connectivity index (χ2n) is 6.52. The van der Waals surface area contributed by atoms with E-state index >= 15 is 0 Å². The summed E-state index contributed by atoms with van der Waals surface area (Å²) in [5, 5.41) is 0.708. The molecular formula is C22H21NO7. The highest BCUT2D eigenvalue weighted by Gasteiger charge is 2.30. The van der Waals surface area contributed by atoms with E-state index in [1.165, 1.54) is 21.3 Å². The zero-order chi connectivity index (χ0) is 21.4. The molecule has 8 heteroatoms. The zero-order valence-corrected chi connectivity index (χ0v) is 17.3. The van der Waals surface area contributed by atoms with Gasteiger partial charge in [0.2, 0.25) is 5.75 Å². The molecule has 4 rings (SSSR count). The van der Waals surface area contributed by atoms with Crippen LogP contribution in [0.1, 0.15) is 16.1 Å². The molecule has 0 atom stereocenters. The van der Waals surface area contributed by atoms with Gasteiger partial charge in [-0.05, 0) is 23.8 Å². The number of aromatic nitrogens is 1. The number of cyclic esters (lactones) is 1. The molecule has 0 N–H and O–H groups in total. The Morgan fingerprint density at radius 2 is 1.37 bits per heavy atom. The summed E-state index contributed by atoms with van der Waals surface area (Å²) in [6, 6.07) is 7.15. The van der Waals surface area contributed by atoms with Crippen LogP contribution in [0.15, 0.2) is 24.3 Å². The fourth-order valence-electron chi connectivity index (χ4n) is 3.70. The van der Waals surface area contributed by atoms with E-state index < -0.39 is 5.97 Å². The maximum absolute atomic E-state index is 12.6. The van der Waals surface area contributed by atoms with Crippen molar-refractivity contribution in [2.75, 3.05) is 35.5 Å². The van der Waals surface area contributed by atoms with Crippen molar-refractivity contribution in [1.29, 1.82) is 0 Å². The number of hydrogen-bond donors (Lipinski definition) is 0. The molecule has 3 aromatic rings. The van der Waals surface area contributed by atoms with Crippen LogP contribution < -0.4 is 23.7 Å². The number of hydrogen-bond acceptors (Lipinski definition) is 8. The molecule has 0 aliphatic carbocycles. The molecule has 1 aliphatic heterocycles. The minimum atomic E-state index is -0.432. The lowest BCUT2D eigenvalue weighted by Crippen LogP contribution is -2.02. The van der Waals surface area contributed by atoms with Crippen molar-refractivity contribution >= 4 is 16.9 Å². The molecule has 2 heterocycles. The summed E-state index contributed by atoms with van der Waals surface area (Å²) < 4.78 is 32.6. The summed E-state index contributed by atoms with van der Waals surface area (Å²) in [4.78, 5) is 17.2. The SMILES string of the molecule is COc1cc2nc3c(c(-c4cc(OC)c(OC)c(OC)c4)c2cc1OC)C(=O)OC3. The minimum Gasteiger partial charge on any atom is -0.493 e. The number of fused-ring (bicyclic) bond motifs is 2. The van der Waals surface area contributed by atoms with Crippen LogP contribution in [0.3, 0.4) is 0 Å². The average Bonchev–Trinajstić information content (AvgIpc) is 3.15. The molecule has 0 unspecified atom stereocenters. The first-order valence-electron chi connectivity index (χ1n) is 9.12. The first-order chi connectivity index (χ1) is 14.6. The highest BCUT2D eigenvalue weighted by atomic mass is 16.5. The van der Waals surface area contributed by atoms with Gasteiger partial charge in [-0.3, -0.25) is 0 Å². The highest BCUT2D eigenvalue weighted by Crippen LogP contribution is 2.46. The van der Waals surface area contributed by atoms with Gasteiger partial charge in [0.1, 0.15) is 6.61 Å². The fraction of sp³-hybridized carbons (Fsp3) is 0.273. The smallest absolute Gasteiger partial charge is 0.341 e. The first-order valence-corrected chi connectivity index (χ1v) is 9.12. The molecule has 0 saturated carbocycles. The second-order valence-corrected chi connectivity index (χ2v) is 6.52. The van der Waals surface area contributed by atoms with Crippen molar-refractivity contribution in [3.05, 3.63) is 35.5 Å². The van der Waals surface area contributed by atoms with Crippen molar-refractivity contribution in [3.8, 4) is 39.9 Å². The molecule has 1 aliphatic rings. The van der Waals surface area contributed by atoms with Gasteiger partial charge in [0.25, 0.3) is 0 Å². The Balaban J connectivity index is 2.12. The van der Waals surface area contributed by atoms with E-state index in [0.29, 0.717) is 62.0 Å². The number of rotatable bonds is 6. The standard InChI is InChI=1S/C22H21NO7/c1-25-15-8-12-13(9-16(15)26-2)23-14-10-30-22(24)20(14)19(12)11-6-17(27-3)21(29-5)18(7-11)28-4/h6-9H,10H2,1-5H3. The molecule has 0 saturated heterocycles. The zero-order valence-electron chi connectivity index (χ0n) is 17.3. The van der Waals surface area contributed by atoms with Crippen LogP contribution in [0.4, 0.5) is 0 Å². The maximum Gasteiger partial charge on any atom is 0.341 e. The summed E-state index contributed by atoms with van der Waals surface area (Å²) in [5.74, 6) is 2.03. The Labute approximate surface area is 173 Å². The lowest BCUT2D eigenvalue weighted by Gasteiger charge is -2.17. The molecule has 156 valence electrons. The number of carbonyl (C=O) groups is 1. The van der Waals surface area contributed by atoms with Crippen LogP contribution >= 0.6 is 0 Å². The van der Waals surface area contributed by atoms with Gasteiger partial charge < -0.3 is 28.4 Å². The molecule has 8 nitrogen and oxygen atoms in total. The molecule has 1 aromatic heterocycles. The van der Waals surface area contributed by atoms with Crippen LogP contribution in [-0.4, -0.2) is 46.5 Å². The van der Waals surface area contributed by atoms with E-state index in [0.717, 1.165) is 0 Å². The third kappa shape index (κ3) is 2.92. The van der Waals surface area contributed by atoms with E-state index in [2.05, 4.69) is 4.98 Å². The van der Waals surface area contributed by atoms with Crippen molar-refractivity contribution in [2.45, 2.75) is 6.61 Å². The Morgan fingerprint density at radius 1 is 0.767 bits per heavy atom. The van der Waals surface area contributed by atoms with Gasteiger partial charge in [0.15, 0.2) is 23.0 Å². The summed E-state index contributed by atoms with van der Waals surface area (Å²) in [6.07, 6.45) is 0. The first kappa shape index (κ1) is 19.6. The van der Waals surface area contributed by atoms with E-state index in [-0.39, 0.29) is 6.61 Å². The molecular weight excluding hydrogens is 390 g/mol. The fourth-order valence-corrected chi connectivity index (χ4v) is 3.70. The van der Waals surface area contributed by atoms with Crippen LogP contribution in [0.5, 0.6) is 28.7 Å². The highest BCUT2D eigenvalue weighted by molar-refractivity contribution is 6.10. The van der Waals surface area contributed by atoms with Gasteiger partial charge in [0, 0.05) is 17.0 Å². The van der Waals surface area contributed by atoms with E-state index in [4.69, 9.17) is 28.4 Å². The number of ether oxygens (including phenoxy) is 6. The van der Waals surface area contributed by atoms with Crippen LogP contribution in [0.2, 0.25) is 0 Å². The summed E-state index contributed by atoms with van der Waals surface area (Å²) in [7, 11) is 7.73. The lowest BCUT2D eigenvalue weighted by atomic mass is 9.94. The average molecular weight is 411 g/mol. The summed E-state index contributed by atoms with van der Waals surface area (Å²) in [6.45, 7) is 0.107. The van der Waals surface area contributed by atoms with Gasteiger partial charge in [-0.25, -0.2) is 9.78 Å². The molecule has 0 radical (unpaired) electrons. The number of methoxy groups -OCH3 is 5. The predicted molar refractivity (Wildman–Crippen MR) is 109 cm³/mol. The molecule has 0 bridgehead atoms. The normalized spacial score (nSPS) is 12.4. The summed E-state index contributed by atoms with van der Waals surface area (Å²) in [5.41, 5.74) is 2.96. The minimum absolute atomic E-state index is 0.107. The Morgan fingerprint density at radius 3 is 1.93 bits per heavy atom. The van der Waals surface area contributed by atoms with Crippen LogP contribution in [-0.2, 0) is 11.3 Å². The predicted octanol–water partition coefficient (Wildman–Crippen LogP) is 3.62. The molecule has 30 heavy (non-hydrogen) atoms. The van der Waals surface area contributed by atoms with Gasteiger partial charge in [-0.1, -0.05) is 0 Å². The molecule has 0 amide bonds. The second kappa shape index (κ2) is 7.62. The van der Waals surface area contributed by atoms with E-state index in [1.54, 1.807) is 38.5 Å². The van der Waals surface area contributed by atoms with Gasteiger partial charge in [0.05, 0.1) is 52.3 Å². The third-order valence-corrected chi connectivity index (χ3v) is 5.06. The number of nitrogens with zero attached hydrogens (tertiary/aromatic N) is 1. The summed E-state index contributed by atoms with van der Waals surface area (Å²) >= 11 is 0.